The van der Waals surface area contributed by atoms with Gasteiger partial charge in [-0.25, -0.2) is 18.8 Å². The molecule has 1 unspecified atom stereocenters. The highest BCUT2D eigenvalue weighted by Crippen LogP contribution is 2.15. The highest BCUT2D eigenvalue weighted by molar-refractivity contribution is 5.95. The predicted molar refractivity (Wildman–Crippen MR) is 91.2 cm³/mol. The van der Waals surface area contributed by atoms with Gasteiger partial charge in [0.2, 0.25) is 0 Å². The number of ether oxygens (including phenoxy) is 2. The van der Waals surface area contributed by atoms with Crippen molar-refractivity contribution >= 4 is 24.0 Å². The summed E-state index contributed by atoms with van der Waals surface area (Å²) >= 11 is 0. The monoisotopic (exact) mass is 362 g/mol. The Kier molecular flexibility index (Phi) is 6.48. The van der Waals surface area contributed by atoms with Gasteiger partial charge in [0.15, 0.2) is 0 Å². The molecule has 0 saturated carbocycles. The maximum Gasteiger partial charge on any atom is 0.338 e. The summed E-state index contributed by atoms with van der Waals surface area (Å²) in [6.07, 6.45) is 2.64. The van der Waals surface area contributed by atoms with Gasteiger partial charge in [0.05, 0.1) is 23.9 Å². The first kappa shape index (κ1) is 19.2. The summed E-state index contributed by atoms with van der Waals surface area (Å²) in [5, 5.41) is 5.00. The second-order valence-corrected chi connectivity index (χ2v) is 5.43. The van der Waals surface area contributed by atoms with Crippen molar-refractivity contribution in [2.24, 2.45) is 0 Å². The van der Waals surface area contributed by atoms with Gasteiger partial charge in [0.25, 0.3) is 0 Å². The number of amides is 2. The minimum absolute atomic E-state index is 0.170. The van der Waals surface area contributed by atoms with Crippen LogP contribution in [0, 0.1) is 5.82 Å². The van der Waals surface area contributed by atoms with E-state index >= 15 is 0 Å². The Morgan fingerprint density at radius 2 is 1.92 bits per heavy atom. The molecule has 8 heteroatoms. The fourth-order valence-corrected chi connectivity index (χ4v) is 2.32. The van der Waals surface area contributed by atoms with Crippen molar-refractivity contribution in [1.29, 1.82) is 0 Å². The standard InChI is InChI=1S/C18H19FN2O5/c1-3-25-17(23)16-11(2)20-18(24)21-14(16)10-26-15(22)9-6-12-4-7-13(19)8-5-12/h4-9,11H,3,10H2,1-2H3,(H2,20,21,24)/b9-6+. The van der Waals surface area contributed by atoms with Crippen LogP contribution in [0.5, 0.6) is 0 Å². The van der Waals surface area contributed by atoms with Crippen LogP contribution in [-0.2, 0) is 19.1 Å². The summed E-state index contributed by atoms with van der Waals surface area (Å²) in [6.45, 7) is 3.17. The van der Waals surface area contributed by atoms with Crippen LogP contribution in [0.25, 0.3) is 6.08 Å². The molecule has 0 aromatic heterocycles. The van der Waals surface area contributed by atoms with Crippen molar-refractivity contribution in [2.45, 2.75) is 19.9 Å². The van der Waals surface area contributed by atoms with Crippen molar-refractivity contribution in [2.75, 3.05) is 13.2 Å². The summed E-state index contributed by atoms with van der Waals surface area (Å²) in [5.41, 5.74) is 0.989. The van der Waals surface area contributed by atoms with Crippen LogP contribution >= 0.6 is 0 Å². The van der Waals surface area contributed by atoms with Crippen molar-refractivity contribution < 1.29 is 28.2 Å². The van der Waals surface area contributed by atoms with Crippen molar-refractivity contribution in [3.8, 4) is 0 Å². The van der Waals surface area contributed by atoms with Gasteiger partial charge in [-0.3, -0.25) is 0 Å². The smallest absolute Gasteiger partial charge is 0.338 e. The zero-order valence-corrected chi connectivity index (χ0v) is 14.4. The number of urea groups is 1. The van der Waals surface area contributed by atoms with Crippen LogP contribution in [0.15, 0.2) is 41.6 Å². The van der Waals surface area contributed by atoms with Gasteiger partial charge in [-0.15, -0.1) is 0 Å². The van der Waals surface area contributed by atoms with Gasteiger partial charge < -0.3 is 20.1 Å². The normalized spacial score (nSPS) is 16.9. The van der Waals surface area contributed by atoms with E-state index in [-0.39, 0.29) is 30.3 Å². The highest BCUT2D eigenvalue weighted by Gasteiger charge is 2.30. The fraction of sp³-hybridized carbons (Fsp3) is 0.278. The Labute approximate surface area is 149 Å². The summed E-state index contributed by atoms with van der Waals surface area (Å²) in [5.74, 6) is -1.65. The lowest BCUT2D eigenvalue weighted by Gasteiger charge is -2.26. The first-order valence-corrected chi connectivity index (χ1v) is 7.98. The lowest BCUT2D eigenvalue weighted by Crippen LogP contribution is -2.50. The van der Waals surface area contributed by atoms with Crippen LogP contribution < -0.4 is 10.6 Å². The van der Waals surface area contributed by atoms with Crippen LogP contribution in [0.3, 0.4) is 0 Å². The molecule has 26 heavy (non-hydrogen) atoms. The Balaban J connectivity index is 2.05. The number of nitrogens with one attached hydrogen (secondary N) is 2. The zero-order chi connectivity index (χ0) is 19.1. The molecule has 1 aromatic rings. The maximum absolute atomic E-state index is 12.8. The molecule has 0 spiro atoms. The fourth-order valence-electron chi connectivity index (χ4n) is 2.32. The lowest BCUT2D eigenvalue weighted by atomic mass is 10.0. The van der Waals surface area contributed by atoms with E-state index in [0.29, 0.717) is 5.56 Å². The Morgan fingerprint density at radius 1 is 1.23 bits per heavy atom. The summed E-state index contributed by atoms with van der Waals surface area (Å²) < 4.78 is 22.9. The molecule has 0 fully saturated rings. The number of esters is 2. The minimum Gasteiger partial charge on any atom is -0.463 e. The first-order valence-electron chi connectivity index (χ1n) is 7.98. The van der Waals surface area contributed by atoms with Crippen LogP contribution in [0.4, 0.5) is 9.18 Å². The number of benzene rings is 1. The molecule has 0 bridgehead atoms. The van der Waals surface area contributed by atoms with Gasteiger partial charge >= 0.3 is 18.0 Å². The molecule has 138 valence electrons. The third kappa shape index (κ3) is 5.17. The molecule has 0 saturated heterocycles. The van der Waals surface area contributed by atoms with Gasteiger partial charge in [-0.05, 0) is 37.6 Å². The third-order valence-electron chi connectivity index (χ3n) is 3.51. The van der Waals surface area contributed by atoms with E-state index in [1.54, 1.807) is 13.8 Å². The zero-order valence-electron chi connectivity index (χ0n) is 14.4. The Morgan fingerprint density at radius 3 is 2.58 bits per heavy atom. The van der Waals surface area contributed by atoms with Crippen molar-refractivity contribution in [1.82, 2.24) is 10.6 Å². The quantitative estimate of drug-likeness (QED) is 0.595. The van der Waals surface area contributed by atoms with E-state index in [0.717, 1.165) is 0 Å². The van der Waals surface area contributed by atoms with E-state index < -0.39 is 24.0 Å². The van der Waals surface area contributed by atoms with E-state index in [9.17, 15) is 18.8 Å². The molecular weight excluding hydrogens is 343 g/mol. The number of carbonyl (C=O) groups excluding carboxylic acids is 3. The maximum atomic E-state index is 12.8. The van der Waals surface area contributed by atoms with Crippen LogP contribution in [0.2, 0.25) is 0 Å². The molecular formula is C18H19FN2O5. The molecule has 2 N–H and O–H groups in total. The summed E-state index contributed by atoms with van der Waals surface area (Å²) in [6, 6.07) is 4.48. The molecule has 1 atom stereocenters. The Bertz CT molecular complexity index is 755. The average Bonchev–Trinajstić information content (AvgIpc) is 2.59. The lowest BCUT2D eigenvalue weighted by molar-refractivity contribution is -0.140. The summed E-state index contributed by atoms with van der Waals surface area (Å²) in [7, 11) is 0. The number of hydrogen-bond acceptors (Lipinski definition) is 5. The highest BCUT2D eigenvalue weighted by atomic mass is 19.1. The van der Waals surface area contributed by atoms with Crippen molar-refractivity contribution in [3.05, 3.63) is 53.0 Å². The van der Waals surface area contributed by atoms with E-state index in [2.05, 4.69) is 10.6 Å². The van der Waals surface area contributed by atoms with Crippen LogP contribution in [0.1, 0.15) is 19.4 Å². The number of hydrogen-bond donors (Lipinski definition) is 2. The van der Waals surface area contributed by atoms with E-state index in [1.807, 2.05) is 0 Å². The number of halogens is 1. The molecule has 0 radical (unpaired) electrons. The average molecular weight is 362 g/mol. The second-order valence-electron chi connectivity index (χ2n) is 5.43. The largest absolute Gasteiger partial charge is 0.463 e. The van der Waals surface area contributed by atoms with Gasteiger partial charge in [0.1, 0.15) is 12.4 Å². The van der Waals surface area contributed by atoms with Gasteiger partial charge in [-0.1, -0.05) is 12.1 Å². The SMILES string of the molecule is CCOC(=O)C1=C(COC(=O)/C=C/c2ccc(F)cc2)NC(=O)NC1C. The summed E-state index contributed by atoms with van der Waals surface area (Å²) in [4.78, 5) is 35.5. The topological polar surface area (TPSA) is 93.7 Å². The predicted octanol–water partition coefficient (Wildman–Crippen LogP) is 1.90. The molecule has 2 amide bonds. The molecule has 7 nitrogen and oxygen atoms in total. The van der Waals surface area contributed by atoms with E-state index in [4.69, 9.17) is 9.47 Å². The molecule has 1 heterocycles. The molecule has 1 aliphatic rings. The Hall–Kier alpha value is -3.16. The number of carbonyl (C=O) groups is 3. The molecule has 1 aromatic carbocycles. The van der Waals surface area contributed by atoms with Gasteiger partial charge in [-0.2, -0.15) is 0 Å². The molecule has 0 aliphatic carbocycles. The number of rotatable bonds is 6. The van der Waals surface area contributed by atoms with E-state index in [1.165, 1.54) is 36.4 Å². The molecule has 2 rings (SSSR count). The van der Waals surface area contributed by atoms with Crippen molar-refractivity contribution in [3.63, 3.8) is 0 Å². The second kappa shape index (κ2) is 8.80. The minimum atomic E-state index is -0.675. The molecule has 1 aliphatic heterocycles. The van der Waals surface area contributed by atoms with Crippen LogP contribution in [-0.4, -0.2) is 37.2 Å². The third-order valence-corrected chi connectivity index (χ3v) is 3.51. The first-order chi connectivity index (χ1) is 12.4. The van der Waals surface area contributed by atoms with Gasteiger partial charge in [0, 0.05) is 6.08 Å².